The van der Waals surface area contributed by atoms with Gasteiger partial charge in [-0.25, -0.2) is 10.2 Å². The highest BCUT2D eigenvalue weighted by Gasteiger charge is 2.21. The molecule has 0 fully saturated rings. The zero-order valence-electron chi connectivity index (χ0n) is 18.7. The third kappa shape index (κ3) is 5.68. The molecule has 0 radical (unpaired) electrons. The Hall–Kier alpha value is -4.28. The Balaban J connectivity index is 1.37. The van der Waals surface area contributed by atoms with Crippen molar-refractivity contribution in [1.82, 2.24) is 5.43 Å². The molecule has 4 aromatic rings. The molecule has 0 saturated heterocycles. The molecule has 1 atom stereocenters. The number of ether oxygens (including phenoxy) is 2. The first-order chi connectivity index (χ1) is 17.3. The minimum absolute atomic E-state index is 0.0256. The fourth-order valence-corrected chi connectivity index (χ4v) is 4.55. The van der Waals surface area contributed by atoms with Crippen LogP contribution in [0.25, 0.3) is 10.1 Å². The van der Waals surface area contributed by atoms with Gasteiger partial charge in [-0.1, -0.05) is 54.1 Å². The van der Waals surface area contributed by atoms with Crippen molar-refractivity contribution in [2.75, 3.05) is 0 Å². The number of carbonyl (C=O) groups excluding carboxylic acids is 2. The van der Waals surface area contributed by atoms with Gasteiger partial charge in [0.25, 0.3) is 5.91 Å². The zero-order chi connectivity index (χ0) is 25.7. The van der Waals surface area contributed by atoms with E-state index in [1.54, 1.807) is 30.3 Å². The molecule has 1 N–H and O–H groups in total. The first-order valence-electron chi connectivity index (χ1n) is 10.6. The summed E-state index contributed by atoms with van der Waals surface area (Å²) in [6.45, 7) is 1.45. The summed E-state index contributed by atoms with van der Waals surface area (Å²) in [7, 11) is 0. The van der Waals surface area contributed by atoms with Crippen molar-refractivity contribution in [1.29, 1.82) is 0 Å². The number of fused-ring (bicyclic) bond motifs is 1. The summed E-state index contributed by atoms with van der Waals surface area (Å²) in [5, 5.41) is 16.1. The standard InChI is InChI=1S/C25H18ClN3O6S/c1-15(34-20-11-4-3-10-19(20)29(32)33)24(30)28-27-14-16-7-6-8-17(13-16)35-25(31)23-22(26)18-9-2-5-12-21(18)36-23/h2-15H,1H3,(H,28,30). The van der Waals surface area contributed by atoms with Gasteiger partial charge in [0, 0.05) is 16.2 Å². The van der Waals surface area contributed by atoms with E-state index in [0.717, 1.165) is 10.1 Å². The van der Waals surface area contributed by atoms with Gasteiger partial charge in [0.2, 0.25) is 0 Å². The summed E-state index contributed by atoms with van der Waals surface area (Å²) in [6, 6.07) is 19.7. The third-order valence-electron chi connectivity index (χ3n) is 4.91. The van der Waals surface area contributed by atoms with Crippen LogP contribution in [0.1, 0.15) is 22.2 Å². The van der Waals surface area contributed by atoms with E-state index in [1.807, 2.05) is 24.3 Å². The average Bonchev–Trinajstić information content (AvgIpc) is 3.21. The van der Waals surface area contributed by atoms with Crippen LogP contribution in [-0.2, 0) is 4.79 Å². The number of nitro groups is 1. The number of thiophene rings is 1. The summed E-state index contributed by atoms with van der Waals surface area (Å²) in [6.07, 6.45) is 0.320. The Labute approximate surface area is 214 Å². The van der Waals surface area contributed by atoms with E-state index in [1.165, 1.54) is 42.7 Å². The van der Waals surface area contributed by atoms with Gasteiger partial charge in [0.05, 0.1) is 16.2 Å². The molecule has 9 nitrogen and oxygen atoms in total. The van der Waals surface area contributed by atoms with Gasteiger partial charge in [-0.15, -0.1) is 11.3 Å². The van der Waals surface area contributed by atoms with Crippen molar-refractivity contribution in [3.05, 3.63) is 98.4 Å². The lowest BCUT2D eigenvalue weighted by atomic mass is 10.2. The first-order valence-corrected chi connectivity index (χ1v) is 11.7. The van der Waals surface area contributed by atoms with Crippen LogP contribution in [-0.4, -0.2) is 29.1 Å². The summed E-state index contributed by atoms with van der Waals surface area (Å²) in [5.41, 5.74) is 2.63. The Kier molecular flexibility index (Phi) is 7.57. The number of hydrazone groups is 1. The fourth-order valence-electron chi connectivity index (χ4n) is 3.17. The molecule has 36 heavy (non-hydrogen) atoms. The Morgan fingerprint density at radius 1 is 1.11 bits per heavy atom. The van der Waals surface area contributed by atoms with Crippen LogP contribution in [0, 0.1) is 10.1 Å². The van der Waals surface area contributed by atoms with Gasteiger partial charge in [0.1, 0.15) is 10.6 Å². The topological polar surface area (TPSA) is 120 Å². The van der Waals surface area contributed by atoms with Gasteiger partial charge >= 0.3 is 11.7 Å². The average molecular weight is 524 g/mol. The van der Waals surface area contributed by atoms with E-state index < -0.39 is 22.9 Å². The highest BCUT2D eigenvalue weighted by atomic mass is 35.5. The zero-order valence-corrected chi connectivity index (χ0v) is 20.3. The number of para-hydroxylation sites is 2. The molecule has 1 heterocycles. The minimum atomic E-state index is -1.04. The number of rotatable bonds is 8. The summed E-state index contributed by atoms with van der Waals surface area (Å²) >= 11 is 7.60. The number of carbonyl (C=O) groups is 2. The number of nitrogens with zero attached hydrogens (tertiary/aromatic N) is 2. The van der Waals surface area contributed by atoms with Gasteiger partial charge in [-0.3, -0.25) is 14.9 Å². The lowest BCUT2D eigenvalue weighted by molar-refractivity contribution is -0.386. The monoisotopic (exact) mass is 523 g/mol. The summed E-state index contributed by atoms with van der Waals surface area (Å²) in [4.78, 5) is 35.8. The van der Waals surface area contributed by atoms with Crippen LogP contribution in [0.5, 0.6) is 11.5 Å². The van der Waals surface area contributed by atoms with Crippen LogP contribution >= 0.6 is 22.9 Å². The van der Waals surface area contributed by atoms with Crippen LogP contribution in [0.3, 0.4) is 0 Å². The number of benzene rings is 3. The second-order valence-corrected chi connectivity index (χ2v) is 8.85. The Bertz CT molecular complexity index is 1490. The van der Waals surface area contributed by atoms with E-state index >= 15 is 0 Å². The van der Waals surface area contributed by atoms with Crippen LogP contribution in [0.4, 0.5) is 5.69 Å². The molecule has 0 aliphatic carbocycles. The number of hydrogen-bond donors (Lipinski definition) is 1. The Morgan fingerprint density at radius 3 is 2.64 bits per heavy atom. The van der Waals surface area contributed by atoms with Crippen LogP contribution in [0.2, 0.25) is 5.02 Å². The number of nitrogens with one attached hydrogen (secondary N) is 1. The minimum Gasteiger partial charge on any atom is -0.474 e. The number of hydrogen-bond acceptors (Lipinski definition) is 8. The number of halogens is 1. The normalized spacial score (nSPS) is 11.8. The van der Waals surface area contributed by atoms with Gasteiger partial charge in [-0.2, -0.15) is 5.10 Å². The first kappa shape index (κ1) is 24.8. The highest BCUT2D eigenvalue weighted by Crippen LogP contribution is 2.35. The van der Waals surface area contributed by atoms with Crippen molar-refractivity contribution in [3.63, 3.8) is 0 Å². The molecule has 3 aromatic carbocycles. The van der Waals surface area contributed by atoms with E-state index in [2.05, 4.69) is 10.5 Å². The predicted molar refractivity (Wildman–Crippen MR) is 137 cm³/mol. The molecule has 11 heteroatoms. The summed E-state index contributed by atoms with van der Waals surface area (Å²) in [5.74, 6) is -0.935. The second kappa shape index (κ2) is 11.0. The lowest BCUT2D eigenvalue weighted by Gasteiger charge is -2.12. The van der Waals surface area contributed by atoms with Crippen molar-refractivity contribution in [2.45, 2.75) is 13.0 Å². The third-order valence-corrected chi connectivity index (χ3v) is 6.57. The van der Waals surface area contributed by atoms with Crippen molar-refractivity contribution >= 4 is 56.8 Å². The van der Waals surface area contributed by atoms with Gasteiger partial charge in [0.15, 0.2) is 11.9 Å². The molecule has 0 aliphatic heterocycles. The predicted octanol–water partition coefficient (Wildman–Crippen LogP) is 5.60. The second-order valence-electron chi connectivity index (χ2n) is 7.42. The van der Waals surface area contributed by atoms with Crippen LogP contribution in [0.15, 0.2) is 77.9 Å². The molecule has 1 unspecified atom stereocenters. The highest BCUT2D eigenvalue weighted by molar-refractivity contribution is 7.21. The fraction of sp³-hybridized carbons (Fsp3) is 0.0800. The van der Waals surface area contributed by atoms with E-state index in [0.29, 0.717) is 15.5 Å². The maximum Gasteiger partial charge on any atom is 0.355 e. The SMILES string of the molecule is CC(Oc1ccccc1[N+](=O)[O-])C(=O)NN=Cc1cccc(OC(=O)c2sc3ccccc3c2Cl)c1. The Morgan fingerprint density at radius 2 is 1.86 bits per heavy atom. The van der Waals surface area contributed by atoms with Crippen LogP contribution < -0.4 is 14.9 Å². The largest absolute Gasteiger partial charge is 0.474 e. The van der Waals surface area contributed by atoms with Crippen molar-refractivity contribution in [2.24, 2.45) is 5.10 Å². The molecule has 182 valence electrons. The maximum absolute atomic E-state index is 12.7. The molecular weight excluding hydrogens is 506 g/mol. The molecule has 0 saturated carbocycles. The molecule has 0 spiro atoms. The van der Waals surface area contributed by atoms with Crippen molar-refractivity contribution in [3.8, 4) is 11.5 Å². The number of nitro benzene ring substituents is 1. The summed E-state index contributed by atoms with van der Waals surface area (Å²) < 4.78 is 11.8. The number of esters is 1. The smallest absolute Gasteiger partial charge is 0.355 e. The quantitative estimate of drug-likeness (QED) is 0.105. The van der Waals surface area contributed by atoms with E-state index in [-0.39, 0.29) is 17.2 Å². The molecule has 1 aromatic heterocycles. The van der Waals surface area contributed by atoms with Gasteiger partial charge in [-0.05, 0) is 36.8 Å². The molecule has 1 amide bonds. The number of amides is 1. The van der Waals surface area contributed by atoms with E-state index in [4.69, 9.17) is 21.1 Å². The molecule has 0 bridgehead atoms. The maximum atomic E-state index is 12.7. The van der Waals surface area contributed by atoms with Crippen molar-refractivity contribution < 1.29 is 24.0 Å². The molecule has 0 aliphatic rings. The molecule has 4 rings (SSSR count). The lowest BCUT2D eigenvalue weighted by Crippen LogP contribution is -2.33. The van der Waals surface area contributed by atoms with E-state index in [9.17, 15) is 19.7 Å². The van der Waals surface area contributed by atoms with Gasteiger partial charge < -0.3 is 9.47 Å². The molecular formula is C25H18ClN3O6S.